The van der Waals surface area contributed by atoms with Crippen molar-refractivity contribution in [2.45, 2.75) is 6.42 Å². The van der Waals surface area contributed by atoms with Gasteiger partial charge in [0.25, 0.3) is 0 Å². The number of carbonyl (C=O) groups is 2. The van der Waals surface area contributed by atoms with Gasteiger partial charge in [-0.05, 0) is 36.4 Å². The quantitative estimate of drug-likeness (QED) is 0.842. The number of amides is 2. The molecule has 0 unspecified atom stereocenters. The fraction of sp³-hybridized carbons (Fsp3) is 0.364. The summed E-state index contributed by atoms with van der Waals surface area (Å²) in [6.45, 7) is 3.58. The van der Waals surface area contributed by atoms with Crippen LogP contribution in [0, 0.1) is 5.92 Å². The van der Waals surface area contributed by atoms with Gasteiger partial charge < -0.3 is 24.6 Å². The molecule has 2 aliphatic rings. The predicted molar refractivity (Wildman–Crippen MR) is 112 cm³/mol. The van der Waals surface area contributed by atoms with Gasteiger partial charge in [-0.25, -0.2) is 0 Å². The molecule has 7 nitrogen and oxygen atoms in total. The molecule has 1 atom stereocenters. The van der Waals surface area contributed by atoms with Crippen molar-refractivity contribution in [2.75, 3.05) is 55.1 Å². The van der Waals surface area contributed by atoms with Crippen LogP contribution >= 0.6 is 0 Å². The van der Waals surface area contributed by atoms with Crippen LogP contribution in [0.5, 0.6) is 5.75 Å². The number of methoxy groups -OCH3 is 1. The highest BCUT2D eigenvalue weighted by Crippen LogP contribution is 2.29. The third-order valence-electron chi connectivity index (χ3n) is 5.37. The van der Waals surface area contributed by atoms with Crippen LogP contribution in [0.25, 0.3) is 0 Å². The maximum absolute atomic E-state index is 12.7. The van der Waals surface area contributed by atoms with E-state index in [1.54, 1.807) is 12.0 Å². The molecular weight excluding hydrogens is 370 g/mol. The molecule has 1 N–H and O–H groups in total. The summed E-state index contributed by atoms with van der Waals surface area (Å²) >= 11 is 0. The van der Waals surface area contributed by atoms with Gasteiger partial charge >= 0.3 is 0 Å². The molecule has 7 heteroatoms. The van der Waals surface area contributed by atoms with Crippen molar-refractivity contribution in [2.24, 2.45) is 5.92 Å². The topological polar surface area (TPSA) is 71.1 Å². The van der Waals surface area contributed by atoms with E-state index in [2.05, 4.69) is 10.2 Å². The molecule has 2 saturated heterocycles. The number of hydrogen-bond donors (Lipinski definition) is 1. The van der Waals surface area contributed by atoms with Gasteiger partial charge in [-0.3, -0.25) is 9.59 Å². The van der Waals surface area contributed by atoms with Crippen LogP contribution in [0.15, 0.2) is 48.5 Å². The number of carbonyl (C=O) groups excluding carboxylic acids is 2. The third-order valence-corrected chi connectivity index (χ3v) is 5.37. The minimum absolute atomic E-state index is 0.0546. The highest BCUT2D eigenvalue weighted by atomic mass is 16.5. The molecule has 2 heterocycles. The average Bonchev–Trinajstić information content (AvgIpc) is 3.17. The van der Waals surface area contributed by atoms with E-state index in [4.69, 9.17) is 9.47 Å². The Morgan fingerprint density at radius 2 is 1.86 bits per heavy atom. The van der Waals surface area contributed by atoms with Crippen LogP contribution in [-0.4, -0.2) is 51.8 Å². The molecule has 0 saturated carbocycles. The van der Waals surface area contributed by atoms with Gasteiger partial charge in [0.2, 0.25) is 11.8 Å². The van der Waals surface area contributed by atoms with Gasteiger partial charge in [0.05, 0.1) is 26.2 Å². The van der Waals surface area contributed by atoms with Crippen molar-refractivity contribution >= 4 is 28.9 Å². The summed E-state index contributed by atoms with van der Waals surface area (Å²) in [5.74, 6) is 0.111. The van der Waals surface area contributed by atoms with E-state index in [0.717, 1.165) is 43.4 Å². The number of benzene rings is 2. The molecule has 0 radical (unpaired) electrons. The molecule has 2 fully saturated rings. The molecule has 2 aromatic rings. The lowest BCUT2D eigenvalue weighted by Crippen LogP contribution is -2.36. The van der Waals surface area contributed by atoms with Crippen LogP contribution in [0.3, 0.4) is 0 Å². The Labute approximate surface area is 170 Å². The maximum atomic E-state index is 12.7. The Morgan fingerprint density at radius 1 is 1.10 bits per heavy atom. The predicted octanol–water partition coefficient (Wildman–Crippen LogP) is 2.52. The molecule has 2 amide bonds. The second-order valence-electron chi connectivity index (χ2n) is 7.24. The van der Waals surface area contributed by atoms with E-state index < -0.39 is 0 Å². The van der Waals surface area contributed by atoms with E-state index in [9.17, 15) is 9.59 Å². The Bertz CT molecular complexity index is 878. The number of ether oxygens (including phenoxy) is 2. The molecule has 0 aromatic heterocycles. The van der Waals surface area contributed by atoms with Gasteiger partial charge in [0.15, 0.2) is 0 Å². The first-order chi connectivity index (χ1) is 14.1. The lowest BCUT2D eigenvalue weighted by molar-refractivity contribution is -0.122. The van der Waals surface area contributed by atoms with Crippen molar-refractivity contribution in [1.29, 1.82) is 0 Å². The van der Waals surface area contributed by atoms with Crippen LogP contribution < -0.4 is 19.9 Å². The van der Waals surface area contributed by atoms with Crippen molar-refractivity contribution in [3.05, 3.63) is 48.5 Å². The second kappa shape index (κ2) is 8.53. The monoisotopic (exact) mass is 395 g/mol. The van der Waals surface area contributed by atoms with Crippen molar-refractivity contribution in [3.8, 4) is 5.75 Å². The number of morpholine rings is 1. The van der Waals surface area contributed by atoms with Crippen molar-refractivity contribution in [3.63, 3.8) is 0 Å². The van der Waals surface area contributed by atoms with Gasteiger partial charge in [-0.1, -0.05) is 6.07 Å². The Morgan fingerprint density at radius 3 is 2.59 bits per heavy atom. The lowest BCUT2D eigenvalue weighted by atomic mass is 10.1. The molecule has 0 aliphatic carbocycles. The highest BCUT2D eigenvalue weighted by Gasteiger charge is 2.35. The number of rotatable bonds is 5. The Balaban J connectivity index is 1.38. The van der Waals surface area contributed by atoms with Gasteiger partial charge in [0.1, 0.15) is 5.75 Å². The Hall–Kier alpha value is -3.06. The fourth-order valence-corrected chi connectivity index (χ4v) is 3.73. The van der Waals surface area contributed by atoms with Crippen LogP contribution in [0.1, 0.15) is 6.42 Å². The van der Waals surface area contributed by atoms with Crippen LogP contribution in [0.4, 0.5) is 17.1 Å². The minimum atomic E-state index is -0.382. The molecule has 2 aromatic carbocycles. The first-order valence-corrected chi connectivity index (χ1v) is 9.82. The lowest BCUT2D eigenvalue weighted by Gasteiger charge is -2.28. The summed E-state index contributed by atoms with van der Waals surface area (Å²) in [5, 5.41) is 2.94. The molecule has 4 rings (SSSR count). The first kappa shape index (κ1) is 19.3. The number of nitrogens with zero attached hydrogens (tertiary/aromatic N) is 2. The SMILES string of the molecule is COc1cccc(N2C[C@@H](C(=O)Nc3ccc(N4CCOCC4)cc3)CC2=O)c1. The summed E-state index contributed by atoms with van der Waals surface area (Å²) < 4.78 is 10.6. The summed E-state index contributed by atoms with van der Waals surface area (Å²) in [6.07, 6.45) is 0.203. The van der Waals surface area contributed by atoms with E-state index in [-0.39, 0.29) is 24.2 Å². The molecule has 0 bridgehead atoms. The number of nitrogens with one attached hydrogen (secondary N) is 1. The summed E-state index contributed by atoms with van der Waals surface area (Å²) in [5.41, 5.74) is 2.60. The summed E-state index contributed by atoms with van der Waals surface area (Å²) in [4.78, 5) is 29.1. The first-order valence-electron chi connectivity index (χ1n) is 9.82. The van der Waals surface area contributed by atoms with E-state index in [0.29, 0.717) is 12.3 Å². The summed E-state index contributed by atoms with van der Waals surface area (Å²) in [6, 6.07) is 15.1. The number of anilines is 3. The smallest absolute Gasteiger partial charge is 0.229 e. The van der Waals surface area contributed by atoms with Crippen LogP contribution in [-0.2, 0) is 14.3 Å². The molecule has 29 heavy (non-hydrogen) atoms. The highest BCUT2D eigenvalue weighted by molar-refractivity contribution is 6.03. The fourth-order valence-electron chi connectivity index (χ4n) is 3.73. The van der Waals surface area contributed by atoms with E-state index >= 15 is 0 Å². The van der Waals surface area contributed by atoms with E-state index in [1.165, 1.54) is 0 Å². The van der Waals surface area contributed by atoms with Crippen molar-refractivity contribution < 1.29 is 19.1 Å². The molecule has 2 aliphatic heterocycles. The zero-order valence-electron chi connectivity index (χ0n) is 16.5. The standard InChI is InChI=1S/C22H25N3O4/c1-28-20-4-2-3-19(14-20)25-15-16(13-21(25)26)22(27)23-17-5-7-18(8-6-17)24-9-11-29-12-10-24/h2-8,14,16H,9-13,15H2,1H3,(H,23,27)/t16-/m0/s1. The third kappa shape index (κ3) is 4.35. The Kier molecular flexibility index (Phi) is 5.67. The molecular formula is C22H25N3O4. The minimum Gasteiger partial charge on any atom is -0.497 e. The van der Waals surface area contributed by atoms with Gasteiger partial charge in [-0.2, -0.15) is 0 Å². The van der Waals surface area contributed by atoms with Crippen LogP contribution in [0.2, 0.25) is 0 Å². The maximum Gasteiger partial charge on any atom is 0.229 e. The largest absolute Gasteiger partial charge is 0.497 e. The normalized spacial score (nSPS) is 19.3. The van der Waals surface area contributed by atoms with Crippen molar-refractivity contribution in [1.82, 2.24) is 0 Å². The van der Waals surface area contributed by atoms with Gasteiger partial charge in [-0.15, -0.1) is 0 Å². The van der Waals surface area contributed by atoms with Gasteiger partial charge in [0, 0.05) is 49.2 Å². The zero-order valence-corrected chi connectivity index (χ0v) is 16.5. The summed E-state index contributed by atoms with van der Waals surface area (Å²) in [7, 11) is 1.59. The average molecular weight is 395 g/mol. The molecule has 152 valence electrons. The molecule has 0 spiro atoms. The van der Waals surface area contributed by atoms with E-state index in [1.807, 2.05) is 48.5 Å². The second-order valence-corrected chi connectivity index (χ2v) is 7.24. The zero-order chi connectivity index (χ0) is 20.2. The number of hydrogen-bond acceptors (Lipinski definition) is 5.